The van der Waals surface area contributed by atoms with E-state index in [0.29, 0.717) is 62.7 Å². The molecule has 0 bridgehead atoms. The van der Waals surface area contributed by atoms with Gasteiger partial charge in [-0.15, -0.1) is 0 Å². The second-order valence-corrected chi connectivity index (χ2v) is 13.4. The molecule has 0 aromatic heterocycles. The van der Waals surface area contributed by atoms with Crippen LogP contribution in [0.15, 0.2) is 11.6 Å². The SMILES string of the molecule is COC1CCCC2NC(=O)C=C(C(=O)N[C@H]3CN(C4C(C(=O)N5CCOCC5)CC(C)CC4C4CC4)C[C@@H]3OC)C21. The Labute approximate surface area is 243 Å². The minimum Gasteiger partial charge on any atom is -0.381 e. The molecule has 0 aromatic carbocycles. The zero-order chi connectivity index (χ0) is 28.7. The van der Waals surface area contributed by atoms with Crippen LogP contribution in [0.2, 0.25) is 0 Å². The van der Waals surface area contributed by atoms with Crippen molar-refractivity contribution in [3.05, 3.63) is 11.6 Å². The van der Waals surface area contributed by atoms with Crippen molar-refractivity contribution in [2.45, 2.75) is 82.2 Å². The first-order chi connectivity index (χ1) is 19.9. The Hall–Kier alpha value is -2.01. The number of nitrogens with zero attached hydrogens (tertiary/aromatic N) is 2. The van der Waals surface area contributed by atoms with E-state index >= 15 is 0 Å². The Morgan fingerprint density at radius 1 is 1.02 bits per heavy atom. The van der Waals surface area contributed by atoms with Crippen molar-refractivity contribution >= 4 is 17.7 Å². The van der Waals surface area contributed by atoms with Crippen LogP contribution in [0.1, 0.15) is 51.9 Å². The molecule has 5 fully saturated rings. The van der Waals surface area contributed by atoms with Gasteiger partial charge in [0.2, 0.25) is 17.7 Å². The molecule has 0 spiro atoms. The second kappa shape index (κ2) is 12.3. The molecule has 9 atom stereocenters. The fraction of sp³-hybridized carbons (Fsp3) is 0.839. The molecule has 3 aliphatic carbocycles. The number of amides is 3. The molecular weight excluding hydrogens is 524 g/mol. The van der Waals surface area contributed by atoms with Gasteiger partial charge in [0.15, 0.2) is 0 Å². The summed E-state index contributed by atoms with van der Waals surface area (Å²) in [4.78, 5) is 44.8. The van der Waals surface area contributed by atoms with Crippen LogP contribution in [-0.4, -0.2) is 111 Å². The highest BCUT2D eigenvalue weighted by molar-refractivity contribution is 6.03. The first-order valence-electron chi connectivity index (χ1n) is 15.9. The van der Waals surface area contributed by atoms with Crippen molar-refractivity contribution in [3.8, 4) is 0 Å². The van der Waals surface area contributed by atoms with E-state index < -0.39 is 0 Å². The lowest BCUT2D eigenvalue weighted by molar-refractivity contribution is -0.146. The number of hydrogen-bond donors (Lipinski definition) is 2. The average Bonchev–Trinajstić information content (AvgIpc) is 3.76. The number of likely N-dealkylation sites (tertiary alicyclic amines) is 1. The van der Waals surface area contributed by atoms with Gasteiger partial charge in [0.1, 0.15) is 0 Å². The third kappa shape index (κ3) is 5.94. The minimum atomic E-state index is -0.222. The lowest BCUT2D eigenvalue weighted by Gasteiger charge is -2.47. The molecule has 2 saturated heterocycles. The molecule has 0 aromatic rings. The summed E-state index contributed by atoms with van der Waals surface area (Å²) in [6, 6.07) is -0.158. The van der Waals surface area contributed by atoms with E-state index in [9.17, 15) is 14.4 Å². The van der Waals surface area contributed by atoms with Crippen molar-refractivity contribution in [2.75, 3.05) is 53.6 Å². The predicted octanol–water partition coefficient (Wildman–Crippen LogP) is 1.34. The normalized spacial score (nSPS) is 40.0. The molecule has 7 unspecified atom stereocenters. The van der Waals surface area contributed by atoms with Crippen LogP contribution in [0, 0.1) is 29.6 Å². The zero-order valence-electron chi connectivity index (χ0n) is 24.9. The number of hydrogen-bond acceptors (Lipinski definition) is 7. The molecule has 10 nitrogen and oxygen atoms in total. The lowest BCUT2D eigenvalue weighted by Crippen LogP contribution is -2.56. The molecule has 41 heavy (non-hydrogen) atoms. The van der Waals surface area contributed by atoms with Crippen molar-refractivity contribution in [3.63, 3.8) is 0 Å². The van der Waals surface area contributed by atoms with E-state index in [0.717, 1.165) is 32.1 Å². The van der Waals surface area contributed by atoms with Crippen molar-refractivity contribution in [2.24, 2.45) is 29.6 Å². The van der Waals surface area contributed by atoms with Gasteiger partial charge in [0.05, 0.1) is 37.4 Å². The molecule has 6 aliphatic rings. The van der Waals surface area contributed by atoms with Gasteiger partial charge in [-0.25, -0.2) is 0 Å². The van der Waals surface area contributed by atoms with Gasteiger partial charge < -0.3 is 29.7 Å². The summed E-state index contributed by atoms with van der Waals surface area (Å²) >= 11 is 0. The molecular formula is C31H48N4O6. The number of methoxy groups -OCH3 is 2. The van der Waals surface area contributed by atoms with Gasteiger partial charge in [-0.2, -0.15) is 0 Å². The Balaban J connectivity index is 1.21. The smallest absolute Gasteiger partial charge is 0.248 e. The number of morpholine rings is 1. The Morgan fingerprint density at radius 2 is 1.78 bits per heavy atom. The fourth-order valence-electron chi connectivity index (χ4n) is 8.71. The fourth-order valence-corrected chi connectivity index (χ4v) is 8.71. The van der Waals surface area contributed by atoms with Gasteiger partial charge in [0, 0.05) is 70.0 Å². The van der Waals surface area contributed by atoms with E-state index in [1.165, 1.54) is 18.9 Å². The summed E-state index contributed by atoms with van der Waals surface area (Å²) in [6.07, 6.45) is 8.40. The minimum absolute atomic E-state index is 0.0513. The van der Waals surface area contributed by atoms with Gasteiger partial charge in [-0.1, -0.05) is 6.92 Å². The molecule has 0 radical (unpaired) electrons. The number of ether oxygens (including phenoxy) is 3. The largest absolute Gasteiger partial charge is 0.381 e. The number of rotatable bonds is 7. The number of nitrogens with one attached hydrogen (secondary N) is 2. The maximum Gasteiger partial charge on any atom is 0.248 e. The maximum absolute atomic E-state index is 14.0. The van der Waals surface area contributed by atoms with Gasteiger partial charge in [-0.3, -0.25) is 19.3 Å². The summed E-state index contributed by atoms with van der Waals surface area (Å²) in [6.45, 7) is 6.16. The first-order valence-corrected chi connectivity index (χ1v) is 15.9. The number of carbonyl (C=O) groups excluding carboxylic acids is 3. The predicted molar refractivity (Wildman–Crippen MR) is 152 cm³/mol. The van der Waals surface area contributed by atoms with Crippen molar-refractivity contribution in [1.82, 2.24) is 20.4 Å². The van der Waals surface area contributed by atoms with Crippen LogP contribution in [0.25, 0.3) is 0 Å². The third-order valence-corrected chi connectivity index (χ3v) is 10.8. The van der Waals surface area contributed by atoms with Crippen LogP contribution >= 0.6 is 0 Å². The summed E-state index contributed by atoms with van der Waals surface area (Å²) < 4.78 is 17.3. The maximum atomic E-state index is 14.0. The van der Waals surface area contributed by atoms with Crippen LogP contribution in [0.3, 0.4) is 0 Å². The monoisotopic (exact) mass is 572 g/mol. The van der Waals surface area contributed by atoms with Gasteiger partial charge in [0.25, 0.3) is 0 Å². The summed E-state index contributed by atoms with van der Waals surface area (Å²) in [5.74, 6) is 1.33. The van der Waals surface area contributed by atoms with Gasteiger partial charge >= 0.3 is 0 Å². The molecule has 3 amide bonds. The molecule has 6 rings (SSSR count). The molecule has 3 aliphatic heterocycles. The Bertz CT molecular complexity index is 1030. The molecule has 3 saturated carbocycles. The quantitative estimate of drug-likeness (QED) is 0.474. The van der Waals surface area contributed by atoms with E-state index in [1.54, 1.807) is 14.2 Å². The van der Waals surface area contributed by atoms with Crippen LogP contribution in [0.4, 0.5) is 0 Å². The van der Waals surface area contributed by atoms with E-state index in [1.807, 2.05) is 4.90 Å². The summed E-state index contributed by atoms with van der Waals surface area (Å²) in [5.41, 5.74) is 0.515. The summed E-state index contributed by atoms with van der Waals surface area (Å²) in [7, 11) is 3.39. The van der Waals surface area contributed by atoms with Gasteiger partial charge in [-0.05, 0) is 62.7 Å². The Kier molecular flexibility index (Phi) is 8.73. The van der Waals surface area contributed by atoms with E-state index in [4.69, 9.17) is 14.2 Å². The van der Waals surface area contributed by atoms with E-state index in [2.05, 4.69) is 22.5 Å². The van der Waals surface area contributed by atoms with Crippen molar-refractivity contribution in [1.29, 1.82) is 0 Å². The summed E-state index contributed by atoms with van der Waals surface area (Å²) in [5, 5.41) is 6.32. The van der Waals surface area contributed by atoms with Crippen LogP contribution < -0.4 is 10.6 Å². The zero-order valence-corrected chi connectivity index (χ0v) is 24.9. The number of fused-ring (bicyclic) bond motifs is 1. The average molecular weight is 573 g/mol. The highest BCUT2D eigenvalue weighted by Crippen LogP contribution is 2.50. The Morgan fingerprint density at radius 3 is 2.49 bits per heavy atom. The standard InChI is InChI=1S/C31H48N4O6/c1-18-13-20(19-7-8-19)29(22(14-18)31(38)34-9-11-41-12-10-34)35-16-24(26(17-35)40-3)33-30(37)21-15-27(36)32-23-5-4-6-25(39-2)28(21)23/h15,18-20,22-26,28-29H,4-14,16-17H2,1-3H3,(H,32,36)(H,33,37)/t18?,20?,22?,23?,24-,25?,26-,28?,29?/m0/s1. The lowest BCUT2D eigenvalue weighted by atomic mass is 9.69. The highest BCUT2D eigenvalue weighted by Gasteiger charge is 2.52. The first kappa shape index (κ1) is 29.1. The van der Waals surface area contributed by atoms with E-state index in [-0.39, 0.29) is 59.9 Å². The molecule has 228 valence electrons. The topological polar surface area (TPSA) is 109 Å². The van der Waals surface area contributed by atoms with Crippen LogP contribution in [0.5, 0.6) is 0 Å². The second-order valence-electron chi connectivity index (χ2n) is 13.4. The highest BCUT2D eigenvalue weighted by atomic mass is 16.5. The molecule has 10 heteroatoms. The molecule has 3 heterocycles. The third-order valence-electron chi connectivity index (χ3n) is 10.8. The van der Waals surface area contributed by atoms with Crippen LogP contribution in [-0.2, 0) is 28.6 Å². The van der Waals surface area contributed by atoms with Crippen molar-refractivity contribution < 1.29 is 28.6 Å². The number of carbonyl (C=O) groups is 3. The molecule has 2 N–H and O–H groups in total.